The summed E-state index contributed by atoms with van der Waals surface area (Å²) in [4.78, 5) is 19.8. The standard InChI is InChI=1S/C21H32N6O2/c28-16-17-8-14-26(15-9-17)21-24-23-20(18-6-4-10-22-18)27(21)13-5-12-25-11-3-1-2-7-19(25)29/h4,6,10,17,22,28H,1-3,5,7-9,11-16H2. The van der Waals surface area contributed by atoms with Crippen LogP contribution in [-0.4, -0.2) is 68.4 Å². The van der Waals surface area contributed by atoms with Crippen LogP contribution in [-0.2, 0) is 11.3 Å². The van der Waals surface area contributed by atoms with Gasteiger partial charge in [0.15, 0.2) is 5.82 Å². The lowest BCUT2D eigenvalue weighted by molar-refractivity contribution is -0.130. The number of aliphatic hydroxyl groups excluding tert-OH is 1. The van der Waals surface area contributed by atoms with Gasteiger partial charge in [-0.1, -0.05) is 6.42 Å². The Balaban J connectivity index is 1.47. The fourth-order valence-corrected chi connectivity index (χ4v) is 4.41. The van der Waals surface area contributed by atoms with Gasteiger partial charge in [-0.05, 0) is 50.2 Å². The van der Waals surface area contributed by atoms with Crippen LogP contribution in [0, 0.1) is 5.92 Å². The number of nitrogens with one attached hydrogen (secondary N) is 1. The number of hydrogen-bond donors (Lipinski definition) is 2. The zero-order valence-corrected chi connectivity index (χ0v) is 17.1. The number of H-pyrrole nitrogens is 1. The van der Waals surface area contributed by atoms with E-state index in [-0.39, 0.29) is 6.61 Å². The molecule has 0 aliphatic carbocycles. The lowest BCUT2D eigenvalue weighted by Gasteiger charge is -2.32. The number of carbonyl (C=O) groups excluding carboxylic acids is 1. The summed E-state index contributed by atoms with van der Waals surface area (Å²) in [5.41, 5.74) is 0.958. The van der Waals surface area contributed by atoms with Crippen LogP contribution >= 0.6 is 0 Å². The molecular formula is C21H32N6O2. The molecule has 0 radical (unpaired) electrons. The third-order valence-corrected chi connectivity index (χ3v) is 6.21. The SMILES string of the molecule is O=C1CCCCCN1CCCn1c(-c2ccc[nH]2)nnc1N1CCC(CO)CC1. The minimum absolute atomic E-state index is 0.262. The van der Waals surface area contributed by atoms with Gasteiger partial charge in [-0.3, -0.25) is 9.36 Å². The van der Waals surface area contributed by atoms with E-state index in [1.54, 1.807) is 0 Å². The maximum atomic E-state index is 12.3. The normalized spacial score (nSPS) is 19.0. The van der Waals surface area contributed by atoms with Crippen molar-refractivity contribution in [3.63, 3.8) is 0 Å². The van der Waals surface area contributed by atoms with E-state index in [4.69, 9.17) is 0 Å². The Morgan fingerprint density at radius 1 is 1.10 bits per heavy atom. The zero-order chi connectivity index (χ0) is 20.1. The fraction of sp³-hybridized carbons (Fsp3) is 0.667. The van der Waals surface area contributed by atoms with Crippen molar-refractivity contribution in [3.8, 4) is 11.5 Å². The van der Waals surface area contributed by atoms with Crippen molar-refractivity contribution < 1.29 is 9.90 Å². The summed E-state index contributed by atoms with van der Waals surface area (Å²) < 4.78 is 2.19. The summed E-state index contributed by atoms with van der Waals surface area (Å²) in [6, 6.07) is 3.98. The van der Waals surface area contributed by atoms with Gasteiger partial charge in [0.2, 0.25) is 11.9 Å². The Bertz CT molecular complexity index is 779. The number of piperidine rings is 1. The lowest BCUT2D eigenvalue weighted by atomic mass is 9.98. The largest absolute Gasteiger partial charge is 0.396 e. The molecule has 4 rings (SSSR count). The molecule has 8 heteroatoms. The molecule has 158 valence electrons. The van der Waals surface area contributed by atoms with Crippen molar-refractivity contribution in [3.05, 3.63) is 18.3 Å². The van der Waals surface area contributed by atoms with Gasteiger partial charge < -0.3 is 19.9 Å². The van der Waals surface area contributed by atoms with Crippen LogP contribution in [0.15, 0.2) is 18.3 Å². The molecule has 2 aliphatic heterocycles. The molecule has 2 aromatic rings. The summed E-state index contributed by atoms with van der Waals surface area (Å²) in [5, 5.41) is 18.4. The van der Waals surface area contributed by atoms with Crippen molar-refractivity contribution in [1.29, 1.82) is 0 Å². The highest BCUT2D eigenvalue weighted by Gasteiger charge is 2.25. The number of aromatic nitrogens is 4. The second-order valence-corrected chi connectivity index (χ2v) is 8.22. The van der Waals surface area contributed by atoms with Crippen molar-refractivity contribution in [1.82, 2.24) is 24.6 Å². The van der Waals surface area contributed by atoms with Gasteiger partial charge in [-0.2, -0.15) is 0 Å². The summed E-state index contributed by atoms with van der Waals surface area (Å²) in [6.45, 7) is 4.48. The Morgan fingerprint density at radius 2 is 1.97 bits per heavy atom. The van der Waals surface area contributed by atoms with E-state index in [9.17, 15) is 9.90 Å². The number of anilines is 1. The van der Waals surface area contributed by atoms with Gasteiger partial charge in [-0.15, -0.1) is 10.2 Å². The number of amides is 1. The molecule has 0 bridgehead atoms. The van der Waals surface area contributed by atoms with Gasteiger partial charge in [0.25, 0.3) is 0 Å². The molecule has 8 nitrogen and oxygen atoms in total. The number of rotatable bonds is 7. The monoisotopic (exact) mass is 400 g/mol. The molecule has 0 saturated carbocycles. The first kappa shape index (κ1) is 19.9. The van der Waals surface area contributed by atoms with Gasteiger partial charge >= 0.3 is 0 Å². The van der Waals surface area contributed by atoms with E-state index in [2.05, 4.69) is 24.6 Å². The molecule has 2 aromatic heterocycles. The average molecular weight is 401 g/mol. The first-order valence-electron chi connectivity index (χ1n) is 11.0. The van der Waals surface area contributed by atoms with E-state index >= 15 is 0 Å². The van der Waals surface area contributed by atoms with Crippen LogP contribution < -0.4 is 4.90 Å². The number of nitrogens with zero attached hydrogens (tertiary/aromatic N) is 5. The van der Waals surface area contributed by atoms with Crippen LogP contribution in [0.4, 0.5) is 5.95 Å². The van der Waals surface area contributed by atoms with Gasteiger partial charge in [0.05, 0.1) is 5.69 Å². The molecule has 0 unspecified atom stereocenters. The van der Waals surface area contributed by atoms with Crippen molar-refractivity contribution >= 4 is 11.9 Å². The van der Waals surface area contributed by atoms with Crippen LogP contribution in [0.1, 0.15) is 44.9 Å². The molecule has 2 fully saturated rings. The van der Waals surface area contributed by atoms with Gasteiger partial charge in [-0.25, -0.2) is 0 Å². The highest BCUT2D eigenvalue weighted by atomic mass is 16.3. The van der Waals surface area contributed by atoms with Crippen LogP contribution in [0.5, 0.6) is 0 Å². The Hall–Kier alpha value is -2.35. The number of hydrogen-bond acceptors (Lipinski definition) is 5. The molecule has 2 N–H and O–H groups in total. The molecule has 0 spiro atoms. The van der Waals surface area contributed by atoms with Crippen LogP contribution in [0.3, 0.4) is 0 Å². The first-order valence-corrected chi connectivity index (χ1v) is 11.0. The molecule has 1 amide bonds. The second kappa shape index (κ2) is 9.43. The molecule has 2 saturated heterocycles. The summed E-state index contributed by atoms with van der Waals surface area (Å²) in [5.74, 6) is 2.42. The fourth-order valence-electron chi connectivity index (χ4n) is 4.41. The maximum Gasteiger partial charge on any atom is 0.227 e. The van der Waals surface area contributed by atoms with Crippen molar-refractivity contribution in [2.75, 3.05) is 37.7 Å². The highest BCUT2D eigenvalue weighted by molar-refractivity contribution is 5.76. The van der Waals surface area contributed by atoms with Crippen molar-refractivity contribution in [2.45, 2.75) is 51.5 Å². The predicted molar refractivity (Wildman–Crippen MR) is 111 cm³/mol. The molecule has 2 aliphatic rings. The third kappa shape index (κ3) is 4.63. The lowest BCUT2D eigenvalue weighted by Crippen LogP contribution is -2.37. The predicted octanol–water partition coefficient (Wildman–Crippen LogP) is 2.27. The van der Waals surface area contributed by atoms with Crippen molar-refractivity contribution in [2.24, 2.45) is 5.92 Å². The summed E-state index contributed by atoms with van der Waals surface area (Å²) in [6.07, 6.45) is 8.70. The minimum atomic E-state index is 0.262. The van der Waals surface area contributed by atoms with E-state index < -0.39 is 0 Å². The Labute approximate surface area is 171 Å². The molecular weight excluding hydrogens is 368 g/mol. The zero-order valence-electron chi connectivity index (χ0n) is 17.1. The minimum Gasteiger partial charge on any atom is -0.396 e. The highest BCUT2D eigenvalue weighted by Crippen LogP contribution is 2.26. The molecule has 4 heterocycles. The average Bonchev–Trinajstić information content (AvgIpc) is 3.37. The summed E-state index contributed by atoms with van der Waals surface area (Å²) in [7, 11) is 0. The topological polar surface area (TPSA) is 90.3 Å². The smallest absolute Gasteiger partial charge is 0.227 e. The Kier molecular flexibility index (Phi) is 6.49. The molecule has 0 aromatic carbocycles. The van der Waals surface area contributed by atoms with E-state index in [0.29, 0.717) is 18.2 Å². The third-order valence-electron chi connectivity index (χ3n) is 6.21. The number of aromatic amines is 1. The van der Waals surface area contributed by atoms with Crippen LogP contribution in [0.25, 0.3) is 11.5 Å². The Morgan fingerprint density at radius 3 is 2.72 bits per heavy atom. The number of carbonyl (C=O) groups is 1. The van der Waals surface area contributed by atoms with E-state index in [1.807, 2.05) is 23.2 Å². The van der Waals surface area contributed by atoms with E-state index in [1.165, 1.54) is 0 Å². The second-order valence-electron chi connectivity index (χ2n) is 8.22. The number of aliphatic hydroxyl groups is 1. The number of likely N-dealkylation sites (tertiary alicyclic amines) is 1. The first-order chi connectivity index (χ1) is 14.3. The van der Waals surface area contributed by atoms with Gasteiger partial charge in [0.1, 0.15) is 0 Å². The summed E-state index contributed by atoms with van der Waals surface area (Å²) >= 11 is 0. The van der Waals surface area contributed by atoms with Gasteiger partial charge in [0, 0.05) is 51.9 Å². The van der Waals surface area contributed by atoms with E-state index in [0.717, 1.165) is 88.7 Å². The quantitative estimate of drug-likeness (QED) is 0.744. The maximum absolute atomic E-state index is 12.3. The molecule has 0 atom stereocenters. The molecule has 29 heavy (non-hydrogen) atoms. The van der Waals surface area contributed by atoms with Crippen LogP contribution in [0.2, 0.25) is 0 Å².